The van der Waals surface area contributed by atoms with Crippen LogP contribution in [0, 0.1) is 0 Å². The normalized spacial score (nSPS) is 15.7. The van der Waals surface area contributed by atoms with Crippen LogP contribution in [0.2, 0.25) is 0 Å². The van der Waals surface area contributed by atoms with E-state index in [0.29, 0.717) is 24.3 Å². The third kappa shape index (κ3) is 4.29. The summed E-state index contributed by atoms with van der Waals surface area (Å²) in [4.78, 5) is 33.3. The Morgan fingerprint density at radius 2 is 1.87 bits per heavy atom. The van der Waals surface area contributed by atoms with Crippen molar-refractivity contribution < 1.29 is 14.3 Å². The third-order valence-corrected chi connectivity index (χ3v) is 6.56. The molecule has 1 atom stereocenters. The number of nitrogens with one attached hydrogen (secondary N) is 1. The molecule has 0 unspecified atom stereocenters. The van der Waals surface area contributed by atoms with Crippen molar-refractivity contribution in [1.82, 2.24) is 14.8 Å². The van der Waals surface area contributed by atoms with Gasteiger partial charge in [-0.3, -0.25) is 4.90 Å². The van der Waals surface area contributed by atoms with Crippen LogP contribution in [0.5, 0.6) is 0 Å². The lowest BCUT2D eigenvalue weighted by Crippen LogP contribution is -2.50. The van der Waals surface area contributed by atoms with E-state index in [0.717, 1.165) is 23.6 Å². The lowest BCUT2D eigenvalue weighted by molar-refractivity contribution is 0.0600. The first kappa shape index (κ1) is 20.3. The van der Waals surface area contributed by atoms with Gasteiger partial charge in [-0.2, -0.15) is 0 Å². The number of esters is 1. The van der Waals surface area contributed by atoms with Gasteiger partial charge in [-0.25, -0.2) is 14.6 Å². The summed E-state index contributed by atoms with van der Waals surface area (Å²) in [5.41, 5.74) is 2.02. The van der Waals surface area contributed by atoms with E-state index in [1.54, 1.807) is 40.5 Å². The molecule has 7 nitrogen and oxygen atoms in total. The number of nitrogens with zero attached hydrogens (tertiary/aromatic N) is 3. The van der Waals surface area contributed by atoms with E-state index in [9.17, 15) is 9.59 Å². The zero-order valence-electron chi connectivity index (χ0n) is 17.0. The van der Waals surface area contributed by atoms with Crippen molar-refractivity contribution in [2.75, 3.05) is 38.6 Å². The van der Waals surface area contributed by atoms with Crippen LogP contribution >= 0.6 is 11.3 Å². The summed E-state index contributed by atoms with van der Waals surface area (Å²) in [6.45, 7) is 5.01. The number of benzene rings is 2. The van der Waals surface area contributed by atoms with Gasteiger partial charge in [0.1, 0.15) is 5.01 Å². The molecule has 156 valence electrons. The number of amides is 2. The largest absolute Gasteiger partial charge is 0.465 e. The number of urea groups is 1. The molecule has 0 bridgehead atoms. The van der Waals surface area contributed by atoms with Gasteiger partial charge in [0, 0.05) is 31.9 Å². The maximum Gasteiger partial charge on any atom is 0.337 e. The van der Waals surface area contributed by atoms with Gasteiger partial charge in [-0.1, -0.05) is 18.2 Å². The Bertz CT molecular complexity index is 1030. The highest BCUT2D eigenvalue weighted by Crippen LogP contribution is 2.30. The van der Waals surface area contributed by atoms with Gasteiger partial charge in [-0.05, 0) is 37.3 Å². The number of hydrogen-bond acceptors (Lipinski definition) is 6. The van der Waals surface area contributed by atoms with Gasteiger partial charge in [0.2, 0.25) is 0 Å². The number of carbonyl (C=O) groups excluding carboxylic acids is 2. The molecule has 3 aromatic rings. The summed E-state index contributed by atoms with van der Waals surface area (Å²) in [5.74, 6) is -0.427. The lowest BCUT2D eigenvalue weighted by Gasteiger charge is -2.37. The number of ether oxygens (including phenoxy) is 1. The molecular weight excluding hydrogens is 400 g/mol. The summed E-state index contributed by atoms with van der Waals surface area (Å²) in [5, 5.41) is 3.98. The molecule has 0 saturated carbocycles. The maximum atomic E-state index is 12.7. The predicted molar refractivity (Wildman–Crippen MR) is 118 cm³/mol. The summed E-state index contributed by atoms with van der Waals surface area (Å²) in [6.07, 6.45) is 0. The van der Waals surface area contributed by atoms with Crippen molar-refractivity contribution in [3.63, 3.8) is 0 Å². The predicted octanol–water partition coefficient (Wildman–Crippen LogP) is 3.99. The van der Waals surface area contributed by atoms with Crippen LogP contribution in [0.15, 0.2) is 48.5 Å². The van der Waals surface area contributed by atoms with Crippen LogP contribution in [0.25, 0.3) is 10.2 Å². The van der Waals surface area contributed by atoms with Crippen molar-refractivity contribution in [3.8, 4) is 0 Å². The smallest absolute Gasteiger partial charge is 0.337 e. The fraction of sp³-hybridized carbons (Fsp3) is 0.318. The molecule has 1 saturated heterocycles. The van der Waals surface area contributed by atoms with Crippen molar-refractivity contribution >= 4 is 39.2 Å². The Morgan fingerprint density at radius 1 is 1.10 bits per heavy atom. The van der Waals surface area contributed by atoms with E-state index in [-0.39, 0.29) is 12.1 Å². The third-order valence-electron chi connectivity index (χ3n) is 5.35. The van der Waals surface area contributed by atoms with Crippen LogP contribution in [-0.2, 0) is 4.74 Å². The SMILES string of the molecule is COC(=O)c1cccc(NC(=O)N2CCN([C@H](C)c3nc4ccccc4s3)CC2)c1. The van der Waals surface area contributed by atoms with Gasteiger partial charge >= 0.3 is 12.0 Å². The first-order chi connectivity index (χ1) is 14.5. The number of anilines is 1. The Hall–Kier alpha value is -2.97. The number of para-hydroxylation sites is 1. The van der Waals surface area contributed by atoms with Crippen LogP contribution in [0.4, 0.5) is 10.5 Å². The Labute approximate surface area is 179 Å². The van der Waals surface area contributed by atoms with Crippen molar-refractivity contribution in [3.05, 3.63) is 59.1 Å². The molecule has 0 aliphatic carbocycles. The van der Waals surface area contributed by atoms with Gasteiger partial charge < -0.3 is 15.0 Å². The van der Waals surface area contributed by atoms with E-state index in [2.05, 4.69) is 23.2 Å². The fourth-order valence-corrected chi connectivity index (χ4v) is 4.64. The molecule has 0 radical (unpaired) electrons. The minimum atomic E-state index is -0.427. The van der Waals surface area contributed by atoms with E-state index >= 15 is 0 Å². The average molecular weight is 425 g/mol. The summed E-state index contributed by atoms with van der Waals surface area (Å²) in [7, 11) is 1.34. The second-order valence-electron chi connectivity index (χ2n) is 7.22. The maximum absolute atomic E-state index is 12.7. The number of piperazine rings is 1. The molecule has 1 aliphatic heterocycles. The average Bonchev–Trinajstić information content (AvgIpc) is 3.22. The molecule has 0 spiro atoms. The Kier molecular flexibility index (Phi) is 5.96. The lowest BCUT2D eigenvalue weighted by atomic mass is 10.2. The van der Waals surface area contributed by atoms with Crippen LogP contribution in [-0.4, -0.2) is 60.1 Å². The van der Waals surface area contributed by atoms with Gasteiger partial charge in [0.15, 0.2) is 0 Å². The Morgan fingerprint density at radius 3 is 2.60 bits per heavy atom. The first-order valence-electron chi connectivity index (χ1n) is 9.89. The quantitative estimate of drug-likeness (QED) is 0.641. The van der Waals surface area contributed by atoms with Crippen LogP contribution in [0.3, 0.4) is 0 Å². The zero-order chi connectivity index (χ0) is 21.1. The van der Waals surface area contributed by atoms with E-state index in [1.165, 1.54) is 11.8 Å². The monoisotopic (exact) mass is 424 g/mol. The molecule has 2 heterocycles. The standard InChI is InChI=1S/C22H24N4O3S/c1-15(20-24-18-8-3-4-9-19(18)30-20)25-10-12-26(13-11-25)22(28)23-17-7-5-6-16(14-17)21(27)29-2/h3-9,14-15H,10-13H2,1-2H3,(H,23,28)/t15-/m1/s1. The molecule has 1 N–H and O–H groups in total. The fourth-order valence-electron chi connectivity index (χ4n) is 3.58. The minimum absolute atomic E-state index is 0.163. The van der Waals surface area contributed by atoms with Gasteiger partial charge in [-0.15, -0.1) is 11.3 Å². The van der Waals surface area contributed by atoms with Crippen molar-refractivity contribution in [1.29, 1.82) is 0 Å². The van der Waals surface area contributed by atoms with E-state index < -0.39 is 5.97 Å². The topological polar surface area (TPSA) is 74.8 Å². The molecule has 30 heavy (non-hydrogen) atoms. The summed E-state index contributed by atoms with van der Waals surface area (Å²) in [6, 6.07) is 15.0. The van der Waals surface area contributed by atoms with Crippen LogP contribution < -0.4 is 5.32 Å². The number of fused-ring (bicyclic) bond motifs is 1. The first-order valence-corrected chi connectivity index (χ1v) is 10.7. The highest BCUT2D eigenvalue weighted by molar-refractivity contribution is 7.18. The number of hydrogen-bond donors (Lipinski definition) is 1. The highest BCUT2D eigenvalue weighted by atomic mass is 32.1. The molecule has 8 heteroatoms. The molecule has 1 fully saturated rings. The number of carbonyl (C=O) groups is 2. The highest BCUT2D eigenvalue weighted by Gasteiger charge is 2.26. The molecular formula is C22H24N4O3S. The van der Waals surface area contributed by atoms with Crippen molar-refractivity contribution in [2.24, 2.45) is 0 Å². The van der Waals surface area contributed by atoms with E-state index in [1.807, 2.05) is 18.2 Å². The number of rotatable bonds is 4. The van der Waals surface area contributed by atoms with Crippen LogP contribution in [0.1, 0.15) is 28.3 Å². The number of thiazole rings is 1. The number of aromatic nitrogens is 1. The molecule has 4 rings (SSSR count). The molecule has 2 amide bonds. The zero-order valence-corrected chi connectivity index (χ0v) is 17.8. The summed E-state index contributed by atoms with van der Waals surface area (Å²) < 4.78 is 5.93. The second-order valence-corrected chi connectivity index (χ2v) is 8.28. The molecule has 2 aromatic carbocycles. The van der Waals surface area contributed by atoms with E-state index in [4.69, 9.17) is 9.72 Å². The minimum Gasteiger partial charge on any atom is -0.465 e. The van der Waals surface area contributed by atoms with Crippen molar-refractivity contribution in [2.45, 2.75) is 13.0 Å². The Balaban J connectivity index is 1.34. The summed E-state index contributed by atoms with van der Waals surface area (Å²) >= 11 is 1.73. The van der Waals surface area contributed by atoms with Gasteiger partial charge in [0.05, 0.1) is 28.9 Å². The molecule has 1 aromatic heterocycles. The number of methoxy groups -OCH3 is 1. The molecule has 1 aliphatic rings. The van der Waals surface area contributed by atoms with Gasteiger partial charge in [0.25, 0.3) is 0 Å². The second kappa shape index (κ2) is 8.81.